The Morgan fingerprint density at radius 1 is 1.43 bits per heavy atom. The van der Waals surface area contributed by atoms with Crippen LogP contribution < -0.4 is 0 Å². The van der Waals surface area contributed by atoms with Crippen LogP contribution in [0.2, 0.25) is 0 Å². The third-order valence-electron chi connectivity index (χ3n) is 3.78. The number of piperidine rings is 1. The molecule has 1 aliphatic heterocycles. The molecule has 0 aromatic heterocycles. The summed E-state index contributed by atoms with van der Waals surface area (Å²) >= 11 is 0. The lowest BCUT2D eigenvalue weighted by Crippen LogP contribution is -2.52. The highest BCUT2D eigenvalue weighted by molar-refractivity contribution is 5.68. The molecule has 0 aromatic rings. The molecule has 1 amide bonds. The van der Waals surface area contributed by atoms with Gasteiger partial charge >= 0.3 is 6.09 Å². The third kappa shape index (κ3) is 6.22. The number of likely N-dealkylation sites (tertiary alicyclic amines) is 1. The molecule has 1 saturated heterocycles. The Morgan fingerprint density at radius 2 is 2.10 bits per heavy atom. The molecule has 2 atom stereocenters. The first-order valence-corrected chi connectivity index (χ1v) is 7.97. The highest BCUT2D eigenvalue weighted by Gasteiger charge is 2.38. The summed E-state index contributed by atoms with van der Waals surface area (Å²) in [5, 5.41) is 9.34. The topological polar surface area (TPSA) is 59.0 Å². The molecule has 1 rings (SSSR count). The maximum Gasteiger partial charge on any atom is 0.410 e. The average Bonchev–Trinajstić information content (AvgIpc) is 2.36. The molecule has 124 valence electrons. The number of aliphatic hydroxyl groups excluding tert-OH is 1. The van der Waals surface area contributed by atoms with E-state index in [9.17, 15) is 9.90 Å². The van der Waals surface area contributed by atoms with Crippen molar-refractivity contribution in [3.8, 4) is 0 Å². The van der Waals surface area contributed by atoms with Crippen LogP contribution in [-0.2, 0) is 9.47 Å². The Morgan fingerprint density at radius 3 is 2.62 bits per heavy atom. The summed E-state index contributed by atoms with van der Waals surface area (Å²) in [5.41, 5.74) is -0.777. The Bertz CT molecular complexity index is 338. The molecule has 21 heavy (non-hydrogen) atoms. The number of rotatable bonds is 5. The number of nitrogens with zero attached hydrogens (tertiary/aromatic N) is 1. The Kier molecular flexibility index (Phi) is 6.47. The van der Waals surface area contributed by atoms with Crippen LogP contribution in [0.25, 0.3) is 0 Å². The predicted octanol–water partition coefficient (Wildman–Crippen LogP) is 2.95. The second kappa shape index (κ2) is 7.45. The van der Waals surface area contributed by atoms with Gasteiger partial charge in [0.1, 0.15) is 5.60 Å². The number of amides is 1. The van der Waals surface area contributed by atoms with Gasteiger partial charge in [0, 0.05) is 13.2 Å². The summed E-state index contributed by atoms with van der Waals surface area (Å²) in [6.07, 6.45) is 2.72. The maximum atomic E-state index is 12.2. The van der Waals surface area contributed by atoms with E-state index in [1.165, 1.54) is 0 Å². The zero-order chi connectivity index (χ0) is 16.1. The molecular weight excluding hydrogens is 270 g/mol. The van der Waals surface area contributed by atoms with Crippen molar-refractivity contribution in [3.63, 3.8) is 0 Å². The summed E-state index contributed by atoms with van der Waals surface area (Å²) < 4.78 is 11.5. The summed E-state index contributed by atoms with van der Waals surface area (Å²) in [7, 11) is 0. The smallest absolute Gasteiger partial charge is 0.410 e. The van der Waals surface area contributed by atoms with Crippen LogP contribution in [-0.4, -0.2) is 53.1 Å². The van der Waals surface area contributed by atoms with Gasteiger partial charge in [0.25, 0.3) is 0 Å². The third-order valence-corrected chi connectivity index (χ3v) is 3.78. The van der Waals surface area contributed by atoms with E-state index in [2.05, 4.69) is 6.92 Å². The fraction of sp³-hybridized carbons (Fsp3) is 0.938. The van der Waals surface area contributed by atoms with Crippen LogP contribution in [0.1, 0.15) is 60.3 Å². The zero-order valence-corrected chi connectivity index (χ0v) is 14.1. The van der Waals surface area contributed by atoms with E-state index in [-0.39, 0.29) is 17.8 Å². The highest BCUT2D eigenvalue weighted by atomic mass is 16.6. The Hall–Kier alpha value is -0.810. The standard InChI is InChI=1S/C16H31NO4/c1-6-16(20-11-8-13(2)18)9-7-10-17(12-16)14(19)21-15(3,4)5/h13,18H,6-12H2,1-5H3. The zero-order valence-electron chi connectivity index (χ0n) is 14.1. The van der Waals surface area contributed by atoms with E-state index < -0.39 is 5.60 Å². The van der Waals surface area contributed by atoms with Crippen LogP contribution in [0.15, 0.2) is 0 Å². The Balaban J connectivity index is 2.60. The SMILES string of the molecule is CCC1(OCCC(C)O)CCCN(C(=O)OC(C)(C)C)C1. The second-order valence-electron chi connectivity index (χ2n) is 7.03. The molecule has 1 heterocycles. The van der Waals surface area contributed by atoms with Crippen molar-refractivity contribution in [1.82, 2.24) is 4.90 Å². The van der Waals surface area contributed by atoms with Crippen LogP contribution in [0.4, 0.5) is 4.79 Å². The van der Waals surface area contributed by atoms with Gasteiger partial charge in [-0.25, -0.2) is 4.79 Å². The van der Waals surface area contributed by atoms with Crippen molar-refractivity contribution < 1.29 is 19.4 Å². The van der Waals surface area contributed by atoms with Gasteiger partial charge in [-0.05, 0) is 53.4 Å². The van der Waals surface area contributed by atoms with Crippen molar-refractivity contribution in [1.29, 1.82) is 0 Å². The molecule has 1 aliphatic rings. The number of ether oxygens (including phenoxy) is 2. The van der Waals surface area contributed by atoms with Crippen molar-refractivity contribution in [2.75, 3.05) is 19.7 Å². The molecule has 0 spiro atoms. The van der Waals surface area contributed by atoms with Crippen molar-refractivity contribution in [3.05, 3.63) is 0 Å². The van der Waals surface area contributed by atoms with Crippen LogP contribution in [0, 0.1) is 0 Å². The monoisotopic (exact) mass is 301 g/mol. The van der Waals surface area contributed by atoms with Gasteiger partial charge in [-0.2, -0.15) is 0 Å². The largest absolute Gasteiger partial charge is 0.444 e. The fourth-order valence-electron chi connectivity index (χ4n) is 2.53. The first kappa shape index (κ1) is 18.2. The fourth-order valence-corrected chi connectivity index (χ4v) is 2.53. The van der Waals surface area contributed by atoms with Gasteiger partial charge in [-0.3, -0.25) is 0 Å². The van der Waals surface area contributed by atoms with Gasteiger partial charge in [-0.15, -0.1) is 0 Å². The van der Waals surface area contributed by atoms with Crippen molar-refractivity contribution in [2.45, 2.75) is 77.6 Å². The van der Waals surface area contributed by atoms with E-state index in [1.54, 1.807) is 11.8 Å². The molecule has 1 fully saturated rings. The molecular formula is C16H31NO4. The van der Waals surface area contributed by atoms with Crippen LogP contribution in [0.5, 0.6) is 0 Å². The van der Waals surface area contributed by atoms with E-state index >= 15 is 0 Å². The van der Waals surface area contributed by atoms with E-state index in [0.29, 0.717) is 19.6 Å². The molecule has 1 N–H and O–H groups in total. The summed E-state index contributed by atoms with van der Waals surface area (Å²) in [6, 6.07) is 0. The van der Waals surface area contributed by atoms with Crippen LogP contribution >= 0.6 is 0 Å². The number of hydrogen-bond acceptors (Lipinski definition) is 4. The number of carbonyl (C=O) groups excluding carboxylic acids is 1. The summed E-state index contributed by atoms with van der Waals surface area (Å²) in [5.74, 6) is 0. The van der Waals surface area contributed by atoms with Gasteiger partial charge < -0.3 is 19.5 Å². The minimum atomic E-state index is -0.476. The van der Waals surface area contributed by atoms with Crippen molar-refractivity contribution in [2.24, 2.45) is 0 Å². The Labute approximate surface area is 128 Å². The van der Waals surface area contributed by atoms with Crippen LogP contribution in [0.3, 0.4) is 0 Å². The minimum absolute atomic E-state index is 0.265. The first-order chi connectivity index (χ1) is 9.67. The maximum absolute atomic E-state index is 12.2. The number of hydrogen-bond donors (Lipinski definition) is 1. The lowest BCUT2D eigenvalue weighted by Gasteiger charge is -2.42. The molecule has 5 heteroatoms. The van der Waals surface area contributed by atoms with Gasteiger partial charge in [-0.1, -0.05) is 6.92 Å². The predicted molar refractivity (Wildman–Crippen MR) is 82.3 cm³/mol. The molecule has 2 unspecified atom stereocenters. The number of carbonyl (C=O) groups is 1. The van der Waals surface area contributed by atoms with Gasteiger partial charge in [0.15, 0.2) is 0 Å². The first-order valence-electron chi connectivity index (χ1n) is 7.97. The lowest BCUT2D eigenvalue weighted by molar-refractivity contribution is -0.0984. The van der Waals surface area contributed by atoms with Gasteiger partial charge in [0.05, 0.1) is 18.2 Å². The molecule has 0 radical (unpaired) electrons. The quantitative estimate of drug-likeness (QED) is 0.848. The van der Waals surface area contributed by atoms with Gasteiger partial charge in [0.2, 0.25) is 0 Å². The van der Waals surface area contributed by atoms with E-state index in [4.69, 9.17) is 9.47 Å². The summed E-state index contributed by atoms with van der Waals surface area (Å²) in [4.78, 5) is 14.0. The molecule has 5 nitrogen and oxygen atoms in total. The minimum Gasteiger partial charge on any atom is -0.444 e. The van der Waals surface area contributed by atoms with Crippen molar-refractivity contribution >= 4 is 6.09 Å². The average molecular weight is 301 g/mol. The lowest BCUT2D eigenvalue weighted by atomic mass is 9.90. The molecule has 0 saturated carbocycles. The second-order valence-corrected chi connectivity index (χ2v) is 7.03. The number of aliphatic hydroxyl groups is 1. The summed E-state index contributed by atoms with van der Waals surface area (Å²) in [6.45, 7) is 11.3. The molecule has 0 aliphatic carbocycles. The normalized spacial score (nSPS) is 24.8. The molecule has 0 bridgehead atoms. The van der Waals surface area contributed by atoms with E-state index in [0.717, 1.165) is 25.8 Å². The molecule has 0 aromatic carbocycles. The highest BCUT2D eigenvalue weighted by Crippen LogP contribution is 2.29. The van der Waals surface area contributed by atoms with E-state index in [1.807, 2.05) is 20.8 Å².